The van der Waals surface area contributed by atoms with Gasteiger partial charge in [-0.3, -0.25) is 4.79 Å². The first-order valence-electron chi connectivity index (χ1n) is 6.68. The molecule has 1 heterocycles. The highest BCUT2D eigenvalue weighted by atomic mass is 35.5. The van der Waals surface area contributed by atoms with E-state index in [9.17, 15) is 4.79 Å². The quantitative estimate of drug-likeness (QED) is 0.637. The van der Waals surface area contributed by atoms with Gasteiger partial charge in [0.05, 0.1) is 5.02 Å². The van der Waals surface area contributed by atoms with Crippen molar-refractivity contribution in [1.29, 1.82) is 0 Å². The molecule has 114 valence electrons. The molecule has 23 heavy (non-hydrogen) atoms. The molecule has 0 saturated heterocycles. The number of carbonyl (C=O) groups is 1. The summed E-state index contributed by atoms with van der Waals surface area (Å²) in [7, 11) is 0. The Labute approximate surface area is 142 Å². The molecule has 6 heteroatoms. The average Bonchev–Trinajstić information content (AvgIpc) is 2.58. The van der Waals surface area contributed by atoms with Gasteiger partial charge in [-0.2, -0.15) is 0 Å². The number of carbonyl (C=O) groups excluding carboxylic acids is 1. The standard InChI is InChI=1S/C17H10Cl2N2O2/c18-12-4-7-15(19)14(10-12)16(22)11-2-5-13(6-3-11)23-17-20-8-1-9-21-17/h1-10H. The lowest BCUT2D eigenvalue weighted by Gasteiger charge is -2.06. The summed E-state index contributed by atoms with van der Waals surface area (Å²) in [5.41, 5.74) is 0.842. The van der Waals surface area contributed by atoms with Crippen LogP contribution in [0.2, 0.25) is 10.0 Å². The van der Waals surface area contributed by atoms with Gasteiger partial charge < -0.3 is 4.74 Å². The number of aromatic nitrogens is 2. The molecule has 3 rings (SSSR count). The Balaban J connectivity index is 1.82. The molecule has 0 atom stereocenters. The minimum absolute atomic E-state index is 0.208. The van der Waals surface area contributed by atoms with Crippen molar-refractivity contribution in [2.75, 3.05) is 0 Å². The third-order valence-electron chi connectivity index (χ3n) is 3.04. The van der Waals surface area contributed by atoms with E-state index in [1.54, 1.807) is 60.9 Å². The summed E-state index contributed by atoms with van der Waals surface area (Å²) < 4.78 is 5.48. The van der Waals surface area contributed by atoms with E-state index in [0.717, 1.165) is 0 Å². The summed E-state index contributed by atoms with van der Waals surface area (Å²) in [5.74, 6) is 0.324. The second-order valence-corrected chi connectivity index (χ2v) is 5.45. The lowest BCUT2D eigenvalue weighted by Crippen LogP contribution is -2.02. The zero-order valence-electron chi connectivity index (χ0n) is 11.7. The van der Waals surface area contributed by atoms with Crippen LogP contribution in [0.4, 0.5) is 0 Å². The molecule has 0 aliphatic rings. The van der Waals surface area contributed by atoms with Crippen molar-refractivity contribution >= 4 is 29.0 Å². The fourth-order valence-corrected chi connectivity index (χ4v) is 2.32. The van der Waals surface area contributed by atoms with E-state index < -0.39 is 0 Å². The van der Waals surface area contributed by atoms with Crippen LogP contribution < -0.4 is 4.74 Å². The Kier molecular flexibility index (Phi) is 4.55. The summed E-state index contributed by atoms with van der Waals surface area (Å²) in [6.45, 7) is 0. The summed E-state index contributed by atoms with van der Waals surface area (Å²) in [6.07, 6.45) is 3.17. The number of hydrogen-bond donors (Lipinski definition) is 0. The molecule has 0 unspecified atom stereocenters. The Bertz CT molecular complexity index is 837. The number of ether oxygens (including phenoxy) is 1. The first-order chi connectivity index (χ1) is 11.1. The molecule has 2 aromatic carbocycles. The fraction of sp³-hybridized carbons (Fsp3) is 0. The number of rotatable bonds is 4. The minimum Gasteiger partial charge on any atom is -0.424 e. The third-order valence-corrected chi connectivity index (χ3v) is 3.61. The highest BCUT2D eigenvalue weighted by Crippen LogP contribution is 2.25. The molecule has 0 aliphatic carbocycles. The van der Waals surface area contributed by atoms with E-state index in [2.05, 4.69) is 9.97 Å². The van der Waals surface area contributed by atoms with E-state index in [1.165, 1.54) is 0 Å². The van der Waals surface area contributed by atoms with E-state index >= 15 is 0 Å². The number of benzene rings is 2. The third kappa shape index (κ3) is 3.67. The van der Waals surface area contributed by atoms with E-state index in [4.69, 9.17) is 27.9 Å². The van der Waals surface area contributed by atoms with Crippen LogP contribution in [0.15, 0.2) is 60.9 Å². The molecule has 0 fully saturated rings. The van der Waals surface area contributed by atoms with Crippen molar-refractivity contribution in [1.82, 2.24) is 9.97 Å². The summed E-state index contributed by atoms with van der Waals surface area (Å²) in [6, 6.07) is 13.4. The Morgan fingerprint density at radius 1 is 0.957 bits per heavy atom. The maximum atomic E-state index is 12.5. The number of ketones is 1. The van der Waals surface area contributed by atoms with Gasteiger partial charge in [-0.1, -0.05) is 23.2 Å². The largest absolute Gasteiger partial charge is 0.424 e. The maximum absolute atomic E-state index is 12.5. The van der Waals surface area contributed by atoms with Crippen LogP contribution >= 0.6 is 23.2 Å². The second kappa shape index (κ2) is 6.77. The second-order valence-electron chi connectivity index (χ2n) is 4.61. The van der Waals surface area contributed by atoms with Crippen molar-refractivity contribution in [3.8, 4) is 11.8 Å². The van der Waals surface area contributed by atoms with Crippen LogP contribution in [0.5, 0.6) is 11.8 Å². The predicted molar refractivity (Wildman–Crippen MR) is 88.4 cm³/mol. The zero-order valence-corrected chi connectivity index (χ0v) is 13.3. The van der Waals surface area contributed by atoms with Crippen molar-refractivity contribution in [2.24, 2.45) is 0 Å². The molecule has 0 spiro atoms. The lowest BCUT2D eigenvalue weighted by atomic mass is 10.0. The van der Waals surface area contributed by atoms with Gasteiger partial charge in [0.2, 0.25) is 0 Å². The molecule has 0 saturated carbocycles. The summed E-state index contributed by atoms with van der Waals surface area (Å²) >= 11 is 12.0. The van der Waals surface area contributed by atoms with E-state index in [-0.39, 0.29) is 11.8 Å². The Hall–Kier alpha value is -2.43. The van der Waals surface area contributed by atoms with Gasteiger partial charge in [-0.25, -0.2) is 9.97 Å². The molecule has 0 bridgehead atoms. The zero-order chi connectivity index (χ0) is 16.2. The minimum atomic E-state index is -0.208. The van der Waals surface area contributed by atoms with E-state index in [0.29, 0.717) is 26.9 Å². The maximum Gasteiger partial charge on any atom is 0.321 e. The normalized spacial score (nSPS) is 10.3. The van der Waals surface area contributed by atoms with Crippen LogP contribution in [-0.2, 0) is 0 Å². The fourth-order valence-electron chi connectivity index (χ4n) is 1.94. The highest BCUT2D eigenvalue weighted by molar-refractivity contribution is 6.36. The van der Waals surface area contributed by atoms with Gasteiger partial charge in [0.1, 0.15) is 5.75 Å². The highest BCUT2D eigenvalue weighted by Gasteiger charge is 2.13. The van der Waals surface area contributed by atoms with Gasteiger partial charge in [0.25, 0.3) is 0 Å². The average molecular weight is 345 g/mol. The number of nitrogens with zero attached hydrogens (tertiary/aromatic N) is 2. The SMILES string of the molecule is O=C(c1ccc(Oc2ncccn2)cc1)c1cc(Cl)ccc1Cl. The van der Waals surface area contributed by atoms with Crippen LogP contribution in [0, 0.1) is 0 Å². The molecular formula is C17H10Cl2N2O2. The van der Waals surface area contributed by atoms with Crippen LogP contribution in [0.3, 0.4) is 0 Å². The van der Waals surface area contributed by atoms with Gasteiger partial charge in [-0.05, 0) is 48.5 Å². The summed E-state index contributed by atoms with van der Waals surface area (Å²) in [5, 5.41) is 0.816. The van der Waals surface area contributed by atoms with Crippen LogP contribution in [0.1, 0.15) is 15.9 Å². The van der Waals surface area contributed by atoms with Crippen molar-refractivity contribution in [3.63, 3.8) is 0 Å². The van der Waals surface area contributed by atoms with Crippen molar-refractivity contribution in [3.05, 3.63) is 82.1 Å². The number of halogens is 2. The first-order valence-corrected chi connectivity index (χ1v) is 7.44. The van der Waals surface area contributed by atoms with Gasteiger partial charge in [0, 0.05) is 28.5 Å². The smallest absolute Gasteiger partial charge is 0.321 e. The topological polar surface area (TPSA) is 52.1 Å². The Morgan fingerprint density at radius 2 is 1.65 bits per heavy atom. The van der Waals surface area contributed by atoms with Gasteiger partial charge in [0.15, 0.2) is 5.78 Å². The monoisotopic (exact) mass is 344 g/mol. The predicted octanol–water partition coefficient (Wildman–Crippen LogP) is 4.81. The van der Waals surface area contributed by atoms with Gasteiger partial charge in [-0.15, -0.1) is 0 Å². The number of hydrogen-bond acceptors (Lipinski definition) is 4. The molecule has 0 radical (unpaired) electrons. The van der Waals surface area contributed by atoms with Crippen molar-refractivity contribution < 1.29 is 9.53 Å². The Morgan fingerprint density at radius 3 is 2.35 bits per heavy atom. The molecule has 1 aromatic heterocycles. The lowest BCUT2D eigenvalue weighted by molar-refractivity contribution is 0.103. The summed E-state index contributed by atoms with van der Waals surface area (Å²) in [4.78, 5) is 20.4. The van der Waals surface area contributed by atoms with E-state index in [1.807, 2.05) is 0 Å². The molecule has 0 aliphatic heterocycles. The van der Waals surface area contributed by atoms with Crippen molar-refractivity contribution in [2.45, 2.75) is 0 Å². The molecule has 3 aromatic rings. The molecular weight excluding hydrogens is 335 g/mol. The molecule has 4 nitrogen and oxygen atoms in total. The van der Waals surface area contributed by atoms with Gasteiger partial charge >= 0.3 is 6.01 Å². The molecule has 0 amide bonds. The molecule has 0 N–H and O–H groups in total. The first kappa shape index (κ1) is 15.5. The van der Waals surface area contributed by atoms with Crippen LogP contribution in [0.25, 0.3) is 0 Å². The van der Waals surface area contributed by atoms with Crippen LogP contribution in [-0.4, -0.2) is 15.8 Å².